The Kier molecular flexibility index (Phi) is 6.82. The molecule has 26 heavy (non-hydrogen) atoms. The smallest absolute Gasteiger partial charge is 0.325 e. The molecule has 0 saturated carbocycles. The minimum atomic E-state index is -4.63. The quantitative estimate of drug-likeness (QED) is 0.736. The number of sulfone groups is 1. The summed E-state index contributed by atoms with van der Waals surface area (Å²) in [6.07, 6.45) is 0.00451. The van der Waals surface area contributed by atoms with Crippen LogP contribution in [0.4, 0.5) is 14.5 Å². The van der Waals surface area contributed by atoms with Crippen molar-refractivity contribution in [1.82, 2.24) is 5.32 Å². The predicted octanol–water partition coefficient (Wildman–Crippen LogP) is 2.97. The molecule has 2 aromatic carbocycles. The Bertz CT molecular complexity index is 853. The molecule has 8 heteroatoms. The number of benzene rings is 2. The molecule has 0 aromatic heterocycles. The fourth-order valence-electron chi connectivity index (χ4n) is 2.34. The van der Waals surface area contributed by atoms with Crippen molar-refractivity contribution in [2.45, 2.75) is 30.5 Å². The molecule has 5 nitrogen and oxygen atoms in total. The molecule has 140 valence electrons. The van der Waals surface area contributed by atoms with Crippen LogP contribution in [0.2, 0.25) is 0 Å². The Morgan fingerprint density at radius 1 is 1.08 bits per heavy atom. The highest BCUT2D eigenvalue weighted by atomic mass is 32.2. The van der Waals surface area contributed by atoms with Gasteiger partial charge in [0.1, 0.15) is 0 Å². The number of anilines is 1. The third-order valence-electron chi connectivity index (χ3n) is 3.71. The second kappa shape index (κ2) is 8.86. The summed E-state index contributed by atoms with van der Waals surface area (Å²) in [6.45, 7) is 3.41. The van der Waals surface area contributed by atoms with Crippen LogP contribution < -0.4 is 10.6 Å². The van der Waals surface area contributed by atoms with Gasteiger partial charge in [0.05, 0.1) is 11.3 Å². The standard InChI is InChI=1S/C18H20F2N2O3S/c1-2-21-12-14-5-3-4-6-16(14)22-17(23)11-13-7-9-15(10-8-13)26(24,25)18(19)20/h3-10,18,21H,2,11-12H2,1H3,(H,22,23). The molecule has 2 aromatic rings. The number of hydrogen-bond donors (Lipinski definition) is 2. The zero-order chi connectivity index (χ0) is 19.2. The highest BCUT2D eigenvalue weighted by molar-refractivity contribution is 7.91. The molecule has 0 aliphatic rings. The summed E-state index contributed by atoms with van der Waals surface area (Å²) in [5, 5.41) is 6.00. The van der Waals surface area contributed by atoms with Crippen molar-refractivity contribution >= 4 is 21.4 Å². The average molecular weight is 382 g/mol. The molecule has 0 aliphatic carbocycles. The molecule has 0 fully saturated rings. The number of rotatable bonds is 8. The molecule has 0 saturated heterocycles. The third-order valence-corrected chi connectivity index (χ3v) is 5.11. The minimum absolute atomic E-state index is 0.00451. The van der Waals surface area contributed by atoms with Gasteiger partial charge in [0, 0.05) is 12.2 Å². The van der Waals surface area contributed by atoms with Gasteiger partial charge in [0.2, 0.25) is 15.7 Å². The van der Waals surface area contributed by atoms with Crippen LogP contribution in [0, 0.1) is 0 Å². The Labute approximate surface area is 151 Å². The zero-order valence-electron chi connectivity index (χ0n) is 14.2. The SMILES string of the molecule is CCNCc1ccccc1NC(=O)Cc1ccc(S(=O)(=O)C(F)F)cc1. The van der Waals surface area contributed by atoms with E-state index in [1.54, 1.807) is 6.07 Å². The molecule has 0 bridgehead atoms. The van der Waals surface area contributed by atoms with Crippen molar-refractivity contribution in [3.05, 3.63) is 59.7 Å². The lowest BCUT2D eigenvalue weighted by atomic mass is 10.1. The number of hydrogen-bond acceptors (Lipinski definition) is 4. The maximum absolute atomic E-state index is 12.5. The minimum Gasteiger partial charge on any atom is -0.325 e. The highest BCUT2D eigenvalue weighted by Crippen LogP contribution is 2.19. The second-order valence-corrected chi connectivity index (χ2v) is 7.53. The van der Waals surface area contributed by atoms with Crippen LogP contribution in [0.25, 0.3) is 0 Å². The van der Waals surface area contributed by atoms with Gasteiger partial charge < -0.3 is 10.6 Å². The summed E-state index contributed by atoms with van der Waals surface area (Å²) in [7, 11) is -4.63. The van der Waals surface area contributed by atoms with Crippen LogP contribution >= 0.6 is 0 Å². The van der Waals surface area contributed by atoms with Crippen molar-refractivity contribution in [3.8, 4) is 0 Å². The van der Waals surface area contributed by atoms with Crippen LogP contribution in [0.15, 0.2) is 53.4 Å². The summed E-state index contributed by atoms with van der Waals surface area (Å²) < 4.78 is 47.8. The molecule has 0 radical (unpaired) electrons. The van der Waals surface area contributed by atoms with E-state index in [1.165, 1.54) is 12.1 Å². The second-order valence-electron chi connectivity index (χ2n) is 5.61. The van der Waals surface area contributed by atoms with E-state index in [4.69, 9.17) is 0 Å². The van der Waals surface area contributed by atoms with Gasteiger partial charge in [-0.15, -0.1) is 0 Å². The van der Waals surface area contributed by atoms with Crippen molar-refractivity contribution in [2.75, 3.05) is 11.9 Å². The molecular weight excluding hydrogens is 362 g/mol. The molecule has 2 rings (SSSR count). The summed E-state index contributed by atoms with van der Waals surface area (Å²) in [5.41, 5.74) is 2.16. The molecule has 1 amide bonds. The average Bonchev–Trinajstić information content (AvgIpc) is 2.61. The van der Waals surface area contributed by atoms with E-state index in [0.717, 1.165) is 24.2 Å². The maximum Gasteiger partial charge on any atom is 0.341 e. The summed E-state index contributed by atoms with van der Waals surface area (Å²) in [4.78, 5) is 11.8. The number of para-hydroxylation sites is 1. The third kappa shape index (κ3) is 5.09. The maximum atomic E-state index is 12.5. The molecule has 2 N–H and O–H groups in total. The molecule has 0 spiro atoms. The molecule has 0 atom stereocenters. The summed E-state index contributed by atoms with van der Waals surface area (Å²) in [6, 6.07) is 12.3. The first-order valence-corrected chi connectivity index (χ1v) is 9.58. The number of nitrogens with one attached hydrogen (secondary N) is 2. The summed E-state index contributed by atoms with van der Waals surface area (Å²) in [5.74, 6) is -3.75. The normalized spacial score (nSPS) is 11.5. The van der Waals surface area contributed by atoms with Gasteiger partial charge in [-0.25, -0.2) is 8.42 Å². The summed E-state index contributed by atoms with van der Waals surface area (Å²) >= 11 is 0. The van der Waals surface area contributed by atoms with E-state index in [2.05, 4.69) is 10.6 Å². The van der Waals surface area contributed by atoms with Gasteiger partial charge >= 0.3 is 5.76 Å². The Balaban J connectivity index is 2.05. The number of amides is 1. The van der Waals surface area contributed by atoms with Gasteiger partial charge in [-0.3, -0.25) is 4.79 Å². The van der Waals surface area contributed by atoms with Gasteiger partial charge in [0.15, 0.2) is 0 Å². The number of carbonyl (C=O) groups excluding carboxylic acids is 1. The monoisotopic (exact) mass is 382 g/mol. The van der Waals surface area contributed by atoms with E-state index in [1.807, 2.05) is 25.1 Å². The Morgan fingerprint density at radius 3 is 2.35 bits per heavy atom. The van der Waals surface area contributed by atoms with Crippen molar-refractivity contribution in [3.63, 3.8) is 0 Å². The molecule has 0 heterocycles. The van der Waals surface area contributed by atoms with Crippen LogP contribution in [-0.4, -0.2) is 26.6 Å². The largest absolute Gasteiger partial charge is 0.341 e. The Hall–Kier alpha value is -2.32. The van der Waals surface area contributed by atoms with E-state index in [0.29, 0.717) is 17.8 Å². The molecule has 0 aliphatic heterocycles. The van der Waals surface area contributed by atoms with Crippen LogP contribution in [0.3, 0.4) is 0 Å². The first-order valence-electron chi connectivity index (χ1n) is 8.04. The van der Waals surface area contributed by atoms with E-state index in [-0.39, 0.29) is 12.3 Å². The molecular formula is C18H20F2N2O3S. The van der Waals surface area contributed by atoms with Crippen LogP contribution in [-0.2, 0) is 27.6 Å². The van der Waals surface area contributed by atoms with Gasteiger partial charge in [-0.05, 0) is 35.9 Å². The van der Waals surface area contributed by atoms with Gasteiger partial charge in [0.25, 0.3) is 0 Å². The van der Waals surface area contributed by atoms with E-state index >= 15 is 0 Å². The lowest BCUT2D eigenvalue weighted by molar-refractivity contribution is -0.115. The fourth-order valence-corrected chi connectivity index (χ4v) is 3.06. The predicted molar refractivity (Wildman–Crippen MR) is 95.8 cm³/mol. The van der Waals surface area contributed by atoms with Crippen LogP contribution in [0.5, 0.6) is 0 Å². The number of alkyl halides is 2. The lowest BCUT2D eigenvalue weighted by Crippen LogP contribution is -2.18. The van der Waals surface area contributed by atoms with Crippen molar-refractivity contribution < 1.29 is 22.0 Å². The first kappa shape index (κ1) is 20.0. The zero-order valence-corrected chi connectivity index (χ0v) is 15.0. The topological polar surface area (TPSA) is 75.3 Å². The van der Waals surface area contributed by atoms with E-state index in [9.17, 15) is 22.0 Å². The van der Waals surface area contributed by atoms with E-state index < -0.39 is 20.5 Å². The number of carbonyl (C=O) groups is 1. The van der Waals surface area contributed by atoms with Gasteiger partial charge in [-0.2, -0.15) is 8.78 Å². The Morgan fingerprint density at radius 2 is 1.73 bits per heavy atom. The van der Waals surface area contributed by atoms with Crippen LogP contribution in [0.1, 0.15) is 18.1 Å². The molecule has 0 unspecified atom stereocenters. The lowest BCUT2D eigenvalue weighted by Gasteiger charge is -2.11. The highest BCUT2D eigenvalue weighted by Gasteiger charge is 2.26. The van der Waals surface area contributed by atoms with Gasteiger partial charge in [-0.1, -0.05) is 37.3 Å². The van der Waals surface area contributed by atoms with Crippen molar-refractivity contribution in [2.24, 2.45) is 0 Å². The fraction of sp³-hybridized carbons (Fsp3) is 0.278. The number of halogens is 2. The van der Waals surface area contributed by atoms with Crippen molar-refractivity contribution in [1.29, 1.82) is 0 Å². The first-order chi connectivity index (χ1) is 12.3.